The Kier molecular flexibility index (Phi) is 6.61. The van der Waals surface area contributed by atoms with E-state index in [0.29, 0.717) is 25.2 Å². The minimum atomic E-state index is -0.375. The van der Waals surface area contributed by atoms with Crippen molar-refractivity contribution >= 4 is 17.2 Å². The van der Waals surface area contributed by atoms with Crippen molar-refractivity contribution in [2.75, 3.05) is 26.2 Å². The van der Waals surface area contributed by atoms with Gasteiger partial charge in [-0.3, -0.25) is 19.8 Å². The third kappa shape index (κ3) is 5.02. The van der Waals surface area contributed by atoms with Gasteiger partial charge in [-0.1, -0.05) is 60.7 Å². The van der Waals surface area contributed by atoms with Crippen LogP contribution in [0.4, 0.5) is 5.69 Å². The van der Waals surface area contributed by atoms with Crippen LogP contribution < -0.4 is 0 Å². The van der Waals surface area contributed by atoms with Gasteiger partial charge in [0.1, 0.15) is 5.65 Å². The van der Waals surface area contributed by atoms with Gasteiger partial charge in [0.15, 0.2) is 0 Å². The third-order valence-corrected chi connectivity index (χ3v) is 7.21. The maximum absolute atomic E-state index is 12.9. The van der Waals surface area contributed by atoms with E-state index in [4.69, 9.17) is 4.98 Å². The molecule has 0 atom stereocenters. The van der Waals surface area contributed by atoms with Gasteiger partial charge in [-0.15, -0.1) is 0 Å². The second-order valence-corrected chi connectivity index (χ2v) is 9.66. The van der Waals surface area contributed by atoms with Gasteiger partial charge in [0, 0.05) is 62.2 Å². The number of hydrogen-bond donors (Lipinski definition) is 0. The SMILES string of the molecule is O=C(c1ccccc1)N1CCN(Cc2c(-c3ccccc3)nc3ccc(-c4cccc([N+](=O)[O-])c4)cn23)CC1. The molecule has 194 valence electrons. The van der Waals surface area contributed by atoms with Crippen LogP contribution >= 0.6 is 0 Å². The summed E-state index contributed by atoms with van der Waals surface area (Å²) >= 11 is 0. The molecule has 0 radical (unpaired) electrons. The topological polar surface area (TPSA) is 84.0 Å². The van der Waals surface area contributed by atoms with Crippen molar-refractivity contribution in [1.82, 2.24) is 19.2 Å². The quantitative estimate of drug-likeness (QED) is 0.218. The maximum Gasteiger partial charge on any atom is 0.270 e. The molecule has 1 aliphatic heterocycles. The molecule has 0 N–H and O–H groups in total. The largest absolute Gasteiger partial charge is 0.336 e. The average molecular weight is 518 g/mol. The molecule has 0 unspecified atom stereocenters. The summed E-state index contributed by atoms with van der Waals surface area (Å²) in [6, 6.07) is 30.1. The number of carbonyl (C=O) groups is 1. The number of nitrogens with zero attached hydrogens (tertiary/aromatic N) is 5. The number of fused-ring (bicyclic) bond motifs is 1. The number of pyridine rings is 1. The first kappa shape index (κ1) is 24.5. The Morgan fingerprint density at radius 2 is 1.49 bits per heavy atom. The molecule has 1 saturated heterocycles. The monoisotopic (exact) mass is 517 g/mol. The minimum Gasteiger partial charge on any atom is -0.336 e. The molecule has 6 rings (SSSR count). The molecule has 5 aromatic rings. The van der Waals surface area contributed by atoms with Crippen LogP contribution in [0.1, 0.15) is 16.1 Å². The number of amides is 1. The van der Waals surface area contributed by atoms with Gasteiger partial charge in [-0.05, 0) is 35.4 Å². The molecule has 3 aromatic carbocycles. The predicted molar refractivity (Wildman–Crippen MR) is 150 cm³/mol. The summed E-state index contributed by atoms with van der Waals surface area (Å²) in [5.41, 5.74) is 6.24. The number of non-ortho nitro benzene ring substituents is 1. The number of imidazole rings is 1. The molecule has 39 heavy (non-hydrogen) atoms. The Labute approximate surface area is 225 Å². The molecule has 1 amide bonds. The van der Waals surface area contributed by atoms with E-state index in [0.717, 1.165) is 46.8 Å². The number of hydrogen-bond acceptors (Lipinski definition) is 5. The summed E-state index contributed by atoms with van der Waals surface area (Å²) in [4.78, 5) is 33.1. The molecule has 2 aromatic heterocycles. The van der Waals surface area contributed by atoms with E-state index >= 15 is 0 Å². The Morgan fingerprint density at radius 1 is 0.795 bits per heavy atom. The normalized spacial score (nSPS) is 14.0. The third-order valence-electron chi connectivity index (χ3n) is 7.21. The number of rotatable bonds is 6. The number of benzene rings is 3. The van der Waals surface area contributed by atoms with Crippen LogP contribution in [-0.4, -0.2) is 56.2 Å². The molecule has 1 aliphatic rings. The summed E-state index contributed by atoms with van der Waals surface area (Å²) in [6.45, 7) is 3.49. The number of nitro benzene ring substituents is 1. The van der Waals surface area contributed by atoms with Crippen molar-refractivity contribution in [3.63, 3.8) is 0 Å². The second kappa shape index (κ2) is 10.5. The first-order valence-electron chi connectivity index (χ1n) is 12.9. The molecule has 0 aliphatic carbocycles. The molecule has 0 spiro atoms. The molecule has 8 nitrogen and oxygen atoms in total. The van der Waals surface area contributed by atoms with Gasteiger partial charge in [-0.2, -0.15) is 0 Å². The van der Waals surface area contributed by atoms with Crippen molar-refractivity contribution in [1.29, 1.82) is 0 Å². The summed E-state index contributed by atoms with van der Waals surface area (Å²) in [7, 11) is 0. The molecule has 0 bridgehead atoms. The fourth-order valence-corrected chi connectivity index (χ4v) is 5.13. The van der Waals surface area contributed by atoms with E-state index in [9.17, 15) is 14.9 Å². The van der Waals surface area contributed by atoms with Crippen molar-refractivity contribution < 1.29 is 9.72 Å². The Morgan fingerprint density at radius 3 is 2.21 bits per heavy atom. The highest BCUT2D eigenvalue weighted by Gasteiger charge is 2.24. The van der Waals surface area contributed by atoms with Crippen molar-refractivity contribution in [2.24, 2.45) is 0 Å². The number of nitro groups is 1. The van der Waals surface area contributed by atoms with Crippen LogP contribution in [0.15, 0.2) is 103 Å². The van der Waals surface area contributed by atoms with E-state index in [1.54, 1.807) is 12.1 Å². The number of piperazine rings is 1. The van der Waals surface area contributed by atoms with Gasteiger partial charge in [0.25, 0.3) is 11.6 Å². The highest BCUT2D eigenvalue weighted by molar-refractivity contribution is 5.94. The van der Waals surface area contributed by atoms with E-state index < -0.39 is 0 Å². The zero-order valence-corrected chi connectivity index (χ0v) is 21.3. The smallest absolute Gasteiger partial charge is 0.270 e. The molecule has 0 saturated carbocycles. The lowest BCUT2D eigenvalue weighted by Gasteiger charge is -2.34. The first-order valence-corrected chi connectivity index (χ1v) is 12.9. The molecule has 1 fully saturated rings. The van der Waals surface area contributed by atoms with Crippen molar-refractivity contribution in [3.8, 4) is 22.4 Å². The van der Waals surface area contributed by atoms with Gasteiger partial charge in [-0.25, -0.2) is 4.98 Å². The number of aromatic nitrogens is 2. The molecular formula is C31H27N5O3. The van der Waals surface area contributed by atoms with Gasteiger partial charge in [0.2, 0.25) is 0 Å². The van der Waals surface area contributed by atoms with Crippen LogP contribution in [0, 0.1) is 10.1 Å². The molecular weight excluding hydrogens is 490 g/mol. The predicted octanol–water partition coefficient (Wildman–Crippen LogP) is 5.53. The Bertz CT molecular complexity index is 1640. The second-order valence-electron chi connectivity index (χ2n) is 9.66. The average Bonchev–Trinajstić information content (AvgIpc) is 3.35. The lowest BCUT2D eigenvalue weighted by atomic mass is 10.1. The van der Waals surface area contributed by atoms with E-state index in [1.165, 1.54) is 6.07 Å². The maximum atomic E-state index is 12.9. The minimum absolute atomic E-state index is 0.0614. The fourth-order valence-electron chi connectivity index (χ4n) is 5.13. The van der Waals surface area contributed by atoms with Crippen LogP contribution in [0.5, 0.6) is 0 Å². The van der Waals surface area contributed by atoms with Crippen LogP contribution in [0.3, 0.4) is 0 Å². The van der Waals surface area contributed by atoms with Gasteiger partial charge in [0.05, 0.1) is 16.3 Å². The number of carbonyl (C=O) groups excluding carboxylic acids is 1. The zero-order valence-electron chi connectivity index (χ0n) is 21.3. The zero-order chi connectivity index (χ0) is 26.8. The van der Waals surface area contributed by atoms with Gasteiger partial charge < -0.3 is 9.30 Å². The standard InChI is InChI=1S/C31H27N5O3/c37-31(24-10-5-2-6-11-24)34-18-16-33(17-19-34)22-28-30(23-8-3-1-4-9-23)32-29-15-14-26(21-35(28)29)25-12-7-13-27(20-25)36(38)39/h1-15,20-21H,16-19,22H2. The first-order chi connectivity index (χ1) is 19.1. The summed E-state index contributed by atoms with van der Waals surface area (Å²) in [5, 5.41) is 11.3. The van der Waals surface area contributed by atoms with Crippen LogP contribution in [0.25, 0.3) is 28.0 Å². The Hall–Kier alpha value is -4.82. The van der Waals surface area contributed by atoms with E-state index in [2.05, 4.69) is 21.4 Å². The van der Waals surface area contributed by atoms with E-state index in [-0.39, 0.29) is 16.5 Å². The van der Waals surface area contributed by atoms with Crippen LogP contribution in [0.2, 0.25) is 0 Å². The van der Waals surface area contributed by atoms with Gasteiger partial charge >= 0.3 is 0 Å². The summed E-state index contributed by atoms with van der Waals surface area (Å²) in [5.74, 6) is 0.0663. The molecule has 3 heterocycles. The van der Waals surface area contributed by atoms with Crippen molar-refractivity contribution in [2.45, 2.75) is 6.54 Å². The highest BCUT2D eigenvalue weighted by atomic mass is 16.6. The van der Waals surface area contributed by atoms with Crippen molar-refractivity contribution in [3.05, 3.63) is 125 Å². The van der Waals surface area contributed by atoms with E-state index in [1.807, 2.05) is 77.8 Å². The summed E-state index contributed by atoms with van der Waals surface area (Å²) < 4.78 is 2.10. The molecule has 8 heteroatoms. The Balaban J connectivity index is 1.31. The lowest BCUT2D eigenvalue weighted by molar-refractivity contribution is -0.384. The summed E-state index contributed by atoms with van der Waals surface area (Å²) in [6.07, 6.45) is 2.01. The fraction of sp³-hybridized carbons (Fsp3) is 0.161. The van der Waals surface area contributed by atoms with Crippen LogP contribution in [-0.2, 0) is 6.54 Å². The lowest BCUT2D eigenvalue weighted by Crippen LogP contribution is -2.48. The highest BCUT2D eigenvalue weighted by Crippen LogP contribution is 2.30.